The first-order valence-corrected chi connectivity index (χ1v) is 7.15. The number of hydrogen-bond donors (Lipinski definition) is 2. The van der Waals surface area contributed by atoms with E-state index in [1.807, 2.05) is 0 Å². The van der Waals surface area contributed by atoms with Gasteiger partial charge in [0.2, 0.25) is 10.0 Å². The summed E-state index contributed by atoms with van der Waals surface area (Å²) in [4.78, 5) is 0.204. The number of sulfonamides is 1. The zero-order valence-corrected chi connectivity index (χ0v) is 11.4. The maximum Gasteiger partial charge on any atom is 0.244 e. The molecule has 0 amide bonds. The van der Waals surface area contributed by atoms with Gasteiger partial charge in [-0.05, 0) is 13.8 Å². The normalized spacial score (nSPS) is 11.9. The lowest BCUT2D eigenvalue weighted by atomic mass is 10.4. The molecule has 0 bridgehead atoms. The predicted octanol–water partition coefficient (Wildman–Crippen LogP) is 0.560. The molecule has 0 aromatic carbocycles. The van der Waals surface area contributed by atoms with Crippen molar-refractivity contribution < 1.29 is 13.2 Å². The molecular weight excluding hydrogens is 266 g/mol. The van der Waals surface area contributed by atoms with Crippen LogP contribution in [0.3, 0.4) is 0 Å². The van der Waals surface area contributed by atoms with Crippen molar-refractivity contribution in [1.29, 1.82) is 0 Å². The van der Waals surface area contributed by atoms with Gasteiger partial charge in [-0.3, -0.25) is 5.10 Å². The van der Waals surface area contributed by atoms with Gasteiger partial charge in [0.05, 0.1) is 24.6 Å². The molecule has 0 unspecified atom stereocenters. The topological polar surface area (TPSA) is 84.1 Å². The summed E-state index contributed by atoms with van der Waals surface area (Å²) >= 11 is 5.42. The minimum atomic E-state index is -3.52. The minimum absolute atomic E-state index is 0.204. The highest BCUT2D eigenvalue weighted by Gasteiger charge is 2.21. The number of nitrogens with zero attached hydrogens (tertiary/aromatic N) is 1. The van der Waals surface area contributed by atoms with Crippen molar-refractivity contribution >= 4 is 21.6 Å². The Labute approximate surface area is 106 Å². The van der Waals surface area contributed by atoms with Crippen LogP contribution < -0.4 is 4.72 Å². The van der Waals surface area contributed by atoms with Crippen LogP contribution >= 0.6 is 11.6 Å². The molecule has 1 heterocycles. The maximum atomic E-state index is 11.9. The number of hydrogen-bond acceptors (Lipinski definition) is 4. The number of halogens is 1. The van der Waals surface area contributed by atoms with E-state index in [-0.39, 0.29) is 11.4 Å². The van der Waals surface area contributed by atoms with E-state index in [1.54, 1.807) is 13.8 Å². The first-order valence-electron chi connectivity index (χ1n) is 5.14. The third-order valence-electron chi connectivity index (χ3n) is 2.09. The van der Waals surface area contributed by atoms with Crippen LogP contribution in [0.25, 0.3) is 0 Å². The third kappa shape index (κ3) is 3.95. The van der Waals surface area contributed by atoms with Crippen LogP contribution in [0.5, 0.6) is 0 Å². The van der Waals surface area contributed by atoms with Crippen LogP contribution in [0.2, 0.25) is 0 Å². The largest absolute Gasteiger partial charge is 0.379 e. The summed E-state index contributed by atoms with van der Waals surface area (Å²) in [7, 11) is -3.52. The van der Waals surface area contributed by atoms with Crippen molar-refractivity contribution in [2.75, 3.05) is 25.6 Å². The Morgan fingerprint density at radius 3 is 2.65 bits per heavy atom. The summed E-state index contributed by atoms with van der Waals surface area (Å²) in [6.45, 7) is 4.22. The van der Waals surface area contributed by atoms with Crippen molar-refractivity contribution in [3.8, 4) is 0 Å². The molecule has 0 aliphatic rings. The number of aromatic nitrogens is 2. The van der Waals surface area contributed by atoms with Crippen LogP contribution in [-0.2, 0) is 14.8 Å². The molecule has 1 aromatic rings. The van der Waals surface area contributed by atoms with Gasteiger partial charge >= 0.3 is 0 Å². The quantitative estimate of drug-likeness (QED) is 0.565. The summed E-state index contributed by atoms with van der Waals surface area (Å²) in [6.07, 6.45) is 0. The Bertz CT molecular complexity index is 439. The molecule has 1 rings (SSSR count). The van der Waals surface area contributed by atoms with E-state index < -0.39 is 10.0 Å². The number of rotatable bonds is 7. The Morgan fingerprint density at radius 1 is 1.41 bits per heavy atom. The summed E-state index contributed by atoms with van der Waals surface area (Å²) in [5.41, 5.74) is 0.980. The fourth-order valence-corrected chi connectivity index (χ4v) is 2.90. The van der Waals surface area contributed by atoms with Crippen LogP contribution in [0.15, 0.2) is 4.90 Å². The van der Waals surface area contributed by atoms with E-state index in [9.17, 15) is 8.42 Å². The van der Waals surface area contributed by atoms with Gasteiger partial charge in [0.1, 0.15) is 4.90 Å². The smallest absolute Gasteiger partial charge is 0.244 e. The second-order valence-electron chi connectivity index (χ2n) is 3.46. The standard InChI is InChI=1S/C9H16ClN3O3S/c1-7-9(8(2)13-12-7)17(14,15)11-4-6-16-5-3-10/h11H,3-6H2,1-2H3,(H,12,13). The molecule has 0 saturated carbocycles. The Balaban J connectivity index is 2.58. The molecule has 0 radical (unpaired) electrons. The van der Waals surface area contributed by atoms with Crippen LogP contribution in [0.4, 0.5) is 0 Å². The summed E-state index contributed by atoms with van der Waals surface area (Å²) in [5, 5.41) is 6.48. The predicted molar refractivity (Wildman–Crippen MR) is 64.8 cm³/mol. The fourth-order valence-electron chi connectivity index (χ4n) is 1.41. The number of aryl methyl sites for hydroxylation is 2. The van der Waals surface area contributed by atoms with Crippen molar-refractivity contribution in [1.82, 2.24) is 14.9 Å². The summed E-state index contributed by atoms with van der Waals surface area (Å²) in [6, 6.07) is 0. The van der Waals surface area contributed by atoms with E-state index in [2.05, 4.69) is 14.9 Å². The van der Waals surface area contributed by atoms with Crippen LogP contribution in [-0.4, -0.2) is 44.3 Å². The molecule has 0 saturated heterocycles. The molecule has 0 aliphatic carbocycles. The number of H-pyrrole nitrogens is 1. The van der Waals surface area contributed by atoms with Gasteiger partial charge in [-0.1, -0.05) is 0 Å². The van der Waals surface area contributed by atoms with E-state index in [4.69, 9.17) is 16.3 Å². The average molecular weight is 282 g/mol. The highest BCUT2D eigenvalue weighted by Crippen LogP contribution is 2.15. The van der Waals surface area contributed by atoms with Crippen molar-refractivity contribution in [2.45, 2.75) is 18.7 Å². The van der Waals surface area contributed by atoms with Crippen molar-refractivity contribution in [3.05, 3.63) is 11.4 Å². The van der Waals surface area contributed by atoms with Gasteiger partial charge in [-0.2, -0.15) is 5.10 Å². The molecule has 98 valence electrons. The van der Waals surface area contributed by atoms with Gasteiger partial charge < -0.3 is 4.74 Å². The summed E-state index contributed by atoms with van der Waals surface area (Å²) < 4.78 is 31.3. The van der Waals surface area contributed by atoms with Gasteiger partial charge in [-0.15, -0.1) is 11.6 Å². The molecule has 0 spiro atoms. The zero-order valence-electron chi connectivity index (χ0n) is 9.79. The van der Waals surface area contributed by atoms with E-state index in [1.165, 1.54) is 0 Å². The molecule has 1 aromatic heterocycles. The molecule has 0 aliphatic heterocycles. The molecule has 6 nitrogen and oxygen atoms in total. The number of aromatic amines is 1. The lowest BCUT2D eigenvalue weighted by Crippen LogP contribution is -2.28. The van der Waals surface area contributed by atoms with Crippen molar-refractivity contribution in [2.24, 2.45) is 0 Å². The lowest BCUT2D eigenvalue weighted by molar-refractivity contribution is 0.155. The minimum Gasteiger partial charge on any atom is -0.379 e. The third-order valence-corrected chi connectivity index (χ3v) is 3.97. The Kier molecular flexibility index (Phi) is 5.38. The van der Waals surface area contributed by atoms with Crippen molar-refractivity contribution in [3.63, 3.8) is 0 Å². The van der Waals surface area contributed by atoms with Gasteiger partial charge in [0.15, 0.2) is 0 Å². The van der Waals surface area contributed by atoms with Gasteiger partial charge in [0, 0.05) is 12.4 Å². The fraction of sp³-hybridized carbons (Fsp3) is 0.667. The molecule has 0 atom stereocenters. The number of alkyl halides is 1. The van der Waals surface area contributed by atoms with E-state index in [0.717, 1.165) is 0 Å². The molecule has 8 heteroatoms. The second kappa shape index (κ2) is 6.34. The van der Waals surface area contributed by atoms with Gasteiger partial charge in [-0.25, -0.2) is 13.1 Å². The number of nitrogens with one attached hydrogen (secondary N) is 2. The Hall–Kier alpha value is -0.630. The molecule has 2 N–H and O–H groups in total. The average Bonchev–Trinajstić information content (AvgIpc) is 2.58. The maximum absolute atomic E-state index is 11.9. The number of ether oxygens (including phenoxy) is 1. The van der Waals surface area contributed by atoms with E-state index in [0.29, 0.717) is 30.5 Å². The molecular formula is C9H16ClN3O3S. The van der Waals surface area contributed by atoms with Crippen LogP contribution in [0.1, 0.15) is 11.4 Å². The highest BCUT2D eigenvalue weighted by molar-refractivity contribution is 7.89. The monoisotopic (exact) mass is 281 g/mol. The van der Waals surface area contributed by atoms with E-state index >= 15 is 0 Å². The second-order valence-corrected chi connectivity index (χ2v) is 5.54. The summed E-state index contributed by atoms with van der Waals surface area (Å²) in [5.74, 6) is 0.396. The zero-order chi connectivity index (χ0) is 12.9. The first-order chi connectivity index (χ1) is 7.99. The lowest BCUT2D eigenvalue weighted by Gasteiger charge is -2.06. The highest BCUT2D eigenvalue weighted by atomic mass is 35.5. The van der Waals surface area contributed by atoms with Crippen LogP contribution in [0, 0.1) is 13.8 Å². The Morgan fingerprint density at radius 2 is 2.12 bits per heavy atom. The van der Waals surface area contributed by atoms with Gasteiger partial charge in [0.25, 0.3) is 0 Å². The SMILES string of the molecule is Cc1n[nH]c(C)c1S(=O)(=O)NCCOCCCl. The molecule has 0 fully saturated rings. The molecule has 17 heavy (non-hydrogen) atoms. The first kappa shape index (κ1) is 14.4.